The molecular formula is C21H37N5O7. The summed E-state index contributed by atoms with van der Waals surface area (Å²) in [6.07, 6.45) is 2.42. The molecule has 3 amide bonds. The second kappa shape index (κ2) is 14.4. The summed E-state index contributed by atoms with van der Waals surface area (Å²) in [4.78, 5) is 60.4. The van der Waals surface area contributed by atoms with Crippen LogP contribution in [0.2, 0.25) is 0 Å². The topological polar surface area (TPSA) is 200 Å². The number of carboxylic acid groups (broad SMARTS) is 2. The fourth-order valence-corrected chi connectivity index (χ4v) is 3.52. The molecule has 1 aliphatic heterocycles. The van der Waals surface area contributed by atoms with E-state index >= 15 is 0 Å². The highest BCUT2D eigenvalue weighted by Crippen LogP contribution is 2.10. The monoisotopic (exact) mass is 471 g/mol. The Morgan fingerprint density at radius 1 is 0.970 bits per heavy atom. The maximum absolute atomic E-state index is 13.0. The van der Waals surface area contributed by atoms with Crippen molar-refractivity contribution in [2.45, 2.75) is 83.0 Å². The lowest BCUT2D eigenvalue weighted by atomic mass is 10.0. The Balaban J connectivity index is 2.86. The summed E-state index contributed by atoms with van der Waals surface area (Å²) >= 11 is 0. The van der Waals surface area contributed by atoms with Crippen molar-refractivity contribution >= 4 is 29.7 Å². The number of aliphatic carboxylic acids is 2. The van der Waals surface area contributed by atoms with Gasteiger partial charge < -0.3 is 37.2 Å². The van der Waals surface area contributed by atoms with Gasteiger partial charge in [0.05, 0.1) is 6.04 Å². The van der Waals surface area contributed by atoms with Gasteiger partial charge in [-0.05, 0) is 57.5 Å². The number of amides is 3. The number of hydrogen-bond donors (Lipinski definition) is 7. The van der Waals surface area contributed by atoms with E-state index in [-0.39, 0.29) is 24.3 Å². The standard InChI is InChI=1S/C21H37N5O7/c1-12(2)17(20(31)25-15(21(32)33)8-9-16(27)28)26-19(30)14(6-3-4-10-22)24-18(29)13-7-5-11-23-13/h12-15,17,23H,3-11,22H2,1-2H3,(H,24,29)(H,25,31)(H,26,30)(H,27,28)(H,32,33). The summed E-state index contributed by atoms with van der Waals surface area (Å²) in [7, 11) is 0. The number of carboxylic acids is 2. The highest BCUT2D eigenvalue weighted by Gasteiger charge is 2.32. The van der Waals surface area contributed by atoms with Gasteiger partial charge in [-0.25, -0.2) is 4.79 Å². The maximum Gasteiger partial charge on any atom is 0.326 e. The summed E-state index contributed by atoms with van der Waals surface area (Å²) in [6, 6.07) is -3.71. The van der Waals surface area contributed by atoms with Gasteiger partial charge in [0.25, 0.3) is 0 Å². The molecule has 188 valence electrons. The SMILES string of the molecule is CC(C)C(NC(=O)C(CCCCN)NC(=O)C1CCCN1)C(=O)NC(CCC(=O)O)C(=O)O. The molecule has 0 radical (unpaired) electrons. The minimum Gasteiger partial charge on any atom is -0.481 e. The molecule has 1 fully saturated rings. The molecule has 1 aliphatic rings. The fourth-order valence-electron chi connectivity index (χ4n) is 3.52. The van der Waals surface area contributed by atoms with Gasteiger partial charge in [-0.3, -0.25) is 19.2 Å². The molecule has 12 heteroatoms. The Labute approximate surface area is 193 Å². The van der Waals surface area contributed by atoms with Crippen LogP contribution in [0, 0.1) is 5.92 Å². The van der Waals surface area contributed by atoms with Gasteiger partial charge in [-0.1, -0.05) is 13.8 Å². The number of nitrogens with two attached hydrogens (primary N) is 1. The highest BCUT2D eigenvalue weighted by molar-refractivity contribution is 5.94. The van der Waals surface area contributed by atoms with Gasteiger partial charge in [-0.15, -0.1) is 0 Å². The number of carbonyl (C=O) groups excluding carboxylic acids is 3. The van der Waals surface area contributed by atoms with Crippen LogP contribution in [-0.4, -0.2) is 77.1 Å². The molecular weight excluding hydrogens is 434 g/mol. The molecule has 4 atom stereocenters. The minimum absolute atomic E-state index is 0.287. The summed E-state index contributed by atoms with van der Waals surface area (Å²) in [5, 5.41) is 28.8. The van der Waals surface area contributed by atoms with Crippen LogP contribution in [0.3, 0.4) is 0 Å². The van der Waals surface area contributed by atoms with E-state index in [0.29, 0.717) is 32.2 Å². The van der Waals surface area contributed by atoms with Crippen molar-refractivity contribution in [2.75, 3.05) is 13.1 Å². The van der Waals surface area contributed by atoms with Crippen molar-refractivity contribution in [1.29, 1.82) is 0 Å². The lowest BCUT2D eigenvalue weighted by molar-refractivity contribution is -0.143. The average Bonchev–Trinajstić information content (AvgIpc) is 3.28. The first-order valence-electron chi connectivity index (χ1n) is 11.4. The molecule has 0 aromatic heterocycles. The van der Waals surface area contributed by atoms with Crippen molar-refractivity contribution in [3.05, 3.63) is 0 Å². The molecule has 12 nitrogen and oxygen atoms in total. The highest BCUT2D eigenvalue weighted by atomic mass is 16.4. The van der Waals surface area contributed by atoms with E-state index in [0.717, 1.165) is 13.0 Å². The average molecular weight is 472 g/mol. The van der Waals surface area contributed by atoms with Crippen molar-refractivity contribution in [2.24, 2.45) is 11.7 Å². The first kappa shape index (κ1) is 28.3. The van der Waals surface area contributed by atoms with Crippen LogP contribution in [0.1, 0.15) is 58.8 Å². The van der Waals surface area contributed by atoms with Gasteiger partial charge in [0, 0.05) is 6.42 Å². The first-order chi connectivity index (χ1) is 15.6. The normalized spacial score (nSPS) is 18.2. The van der Waals surface area contributed by atoms with E-state index in [1.165, 1.54) is 0 Å². The van der Waals surface area contributed by atoms with Gasteiger partial charge in [0.15, 0.2) is 0 Å². The van der Waals surface area contributed by atoms with Crippen LogP contribution >= 0.6 is 0 Å². The van der Waals surface area contributed by atoms with Crippen LogP contribution in [0.5, 0.6) is 0 Å². The second-order valence-corrected chi connectivity index (χ2v) is 8.56. The van der Waals surface area contributed by atoms with Crippen LogP contribution in [0.4, 0.5) is 0 Å². The van der Waals surface area contributed by atoms with Crippen molar-refractivity contribution in [3.8, 4) is 0 Å². The lowest BCUT2D eigenvalue weighted by Crippen LogP contribution is -2.58. The largest absolute Gasteiger partial charge is 0.481 e. The Morgan fingerprint density at radius 3 is 2.18 bits per heavy atom. The summed E-state index contributed by atoms with van der Waals surface area (Å²) in [6.45, 7) is 4.53. The zero-order valence-corrected chi connectivity index (χ0v) is 19.3. The molecule has 0 aromatic rings. The summed E-state index contributed by atoms with van der Waals surface area (Å²) in [5.41, 5.74) is 5.53. The van der Waals surface area contributed by atoms with E-state index in [1.54, 1.807) is 13.8 Å². The van der Waals surface area contributed by atoms with Crippen LogP contribution in [0.25, 0.3) is 0 Å². The molecule has 1 rings (SSSR count). The third-order valence-electron chi connectivity index (χ3n) is 5.47. The quantitative estimate of drug-likeness (QED) is 0.145. The lowest BCUT2D eigenvalue weighted by Gasteiger charge is -2.27. The molecule has 0 spiro atoms. The van der Waals surface area contributed by atoms with E-state index < -0.39 is 48.3 Å². The third-order valence-corrected chi connectivity index (χ3v) is 5.47. The first-order valence-corrected chi connectivity index (χ1v) is 11.4. The molecule has 0 bridgehead atoms. The van der Waals surface area contributed by atoms with E-state index in [9.17, 15) is 29.1 Å². The van der Waals surface area contributed by atoms with Crippen molar-refractivity contribution in [1.82, 2.24) is 21.3 Å². The number of unbranched alkanes of at least 4 members (excludes halogenated alkanes) is 1. The predicted octanol–water partition coefficient (Wildman–Crippen LogP) is -1.07. The molecule has 0 saturated carbocycles. The zero-order chi connectivity index (χ0) is 25.0. The molecule has 0 aromatic carbocycles. The van der Waals surface area contributed by atoms with E-state index in [2.05, 4.69) is 21.3 Å². The molecule has 1 heterocycles. The van der Waals surface area contributed by atoms with E-state index in [4.69, 9.17) is 10.8 Å². The summed E-state index contributed by atoms with van der Waals surface area (Å²) in [5.74, 6) is -4.51. The summed E-state index contributed by atoms with van der Waals surface area (Å²) < 4.78 is 0. The van der Waals surface area contributed by atoms with Crippen LogP contribution in [-0.2, 0) is 24.0 Å². The molecule has 0 aliphatic carbocycles. The van der Waals surface area contributed by atoms with E-state index in [1.807, 2.05) is 0 Å². The van der Waals surface area contributed by atoms with Gasteiger partial charge in [0.1, 0.15) is 18.1 Å². The van der Waals surface area contributed by atoms with Crippen LogP contribution < -0.4 is 27.0 Å². The third kappa shape index (κ3) is 10.2. The van der Waals surface area contributed by atoms with Crippen molar-refractivity contribution < 1.29 is 34.2 Å². The Kier molecular flexibility index (Phi) is 12.4. The molecule has 8 N–H and O–H groups in total. The smallest absolute Gasteiger partial charge is 0.326 e. The zero-order valence-electron chi connectivity index (χ0n) is 19.3. The molecule has 33 heavy (non-hydrogen) atoms. The maximum atomic E-state index is 13.0. The fraction of sp³-hybridized carbons (Fsp3) is 0.762. The molecule has 1 saturated heterocycles. The Bertz CT molecular complexity index is 694. The van der Waals surface area contributed by atoms with Gasteiger partial charge in [-0.2, -0.15) is 0 Å². The molecule has 4 unspecified atom stereocenters. The van der Waals surface area contributed by atoms with Gasteiger partial charge in [0.2, 0.25) is 17.7 Å². The minimum atomic E-state index is -1.40. The van der Waals surface area contributed by atoms with Crippen molar-refractivity contribution in [3.63, 3.8) is 0 Å². The number of nitrogens with one attached hydrogen (secondary N) is 4. The number of hydrogen-bond acceptors (Lipinski definition) is 7. The van der Waals surface area contributed by atoms with Gasteiger partial charge >= 0.3 is 11.9 Å². The Hall–Kier alpha value is -2.73. The number of carbonyl (C=O) groups is 5. The Morgan fingerprint density at radius 2 is 1.67 bits per heavy atom. The number of rotatable bonds is 15. The van der Waals surface area contributed by atoms with Crippen LogP contribution in [0.15, 0.2) is 0 Å². The second-order valence-electron chi connectivity index (χ2n) is 8.56. The predicted molar refractivity (Wildman–Crippen MR) is 119 cm³/mol.